The van der Waals surface area contributed by atoms with E-state index in [1.54, 1.807) is 6.07 Å². The van der Waals surface area contributed by atoms with E-state index in [2.05, 4.69) is 4.98 Å². The van der Waals surface area contributed by atoms with Crippen molar-refractivity contribution in [2.45, 2.75) is 6.61 Å². The standard InChI is InChI=1S/C12H10FNO/c13-10-6-7-11(14-12(10)8-15)9-4-2-1-3-5-9/h1-7,15H,8H2. The predicted molar refractivity (Wildman–Crippen MR) is 55.6 cm³/mol. The summed E-state index contributed by atoms with van der Waals surface area (Å²) >= 11 is 0. The van der Waals surface area contributed by atoms with E-state index in [1.165, 1.54) is 6.07 Å². The Bertz CT molecular complexity index is 456. The van der Waals surface area contributed by atoms with Crippen LogP contribution in [0.3, 0.4) is 0 Å². The predicted octanol–water partition coefficient (Wildman–Crippen LogP) is 2.38. The first-order valence-electron chi connectivity index (χ1n) is 4.63. The molecular weight excluding hydrogens is 193 g/mol. The monoisotopic (exact) mass is 203 g/mol. The molecule has 0 unspecified atom stereocenters. The Morgan fingerprint density at radius 1 is 1.07 bits per heavy atom. The highest BCUT2D eigenvalue weighted by atomic mass is 19.1. The fourth-order valence-electron chi connectivity index (χ4n) is 1.36. The van der Waals surface area contributed by atoms with Crippen LogP contribution in [0.15, 0.2) is 42.5 Å². The first kappa shape index (κ1) is 9.80. The lowest BCUT2D eigenvalue weighted by molar-refractivity contribution is 0.270. The first-order chi connectivity index (χ1) is 7.31. The van der Waals surface area contributed by atoms with Crippen LogP contribution >= 0.6 is 0 Å². The minimum Gasteiger partial charge on any atom is -0.390 e. The molecule has 0 fully saturated rings. The fraction of sp³-hybridized carbons (Fsp3) is 0.0833. The number of aliphatic hydroxyl groups is 1. The topological polar surface area (TPSA) is 33.1 Å². The SMILES string of the molecule is OCc1nc(-c2ccccc2)ccc1F. The van der Waals surface area contributed by atoms with Crippen molar-refractivity contribution >= 4 is 0 Å². The summed E-state index contributed by atoms with van der Waals surface area (Å²) in [4.78, 5) is 4.04. The number of halogens is 1. The Morgan fingerprint density at radius 2 is 1.80 bits per heavy atom. The molecule has 2 aromatic rings. The second-order valence-electron chi connectivity index (χ2n) is 3.15. The van der Waals surface area contributed by atoms with Crippen molar-refractivity contribution in [3.05, 3.63) is 54.0 Å². The second-order valence-corrected chi connectivity index (χ2v) is 3.15. The molecule has 0 radical (unpaired) electrons. The molecule has 0 aliphatic carbocycles. The number of nitrogens with zero attached hydrogens (tertiary/aromatic N) is 1. The highest BCUT2D eigenvalue weighted by Gasteiger charge is 2.05. The largest absolute Gasteiger partial charge is 0.390 e. The molecule has 0 aliphatic rings. The molecule has 0 spiro atoms. The van der Waals surface area contributed by atoms with E-state index in [4.69, 9.17) is 5.11 Å². The molecule has 0 aliphatic heterocycles. The summed E-state index contributed by atoms with van der Waals surface area (Å²) in [7, 11) is 0. The summed E-state index contributed by atoms with van der Waals surface area (Å²) < 4.78 is 13.1. The average molecular weight is 203 g/mol. The molecule has 2 rings (SSSR count). The van der Waals surface area contributed by atoms with Crippen molar-refractivity contribution in [1.82, 2.24) is 4.98 Å². The number of aliphatic hydroxyl groups excluding tert-OH is 1. The maximum Gasteiger partial charge on any atom is 0.147 e. The molecule has 1 aromatic carbocycles. The summed E-state index contributed by atoms with van der Waals surface area (Å²) in [5.74, 6) is -0.475. The molecule has 1 heterocycles. The van der Waals surface area contributed by atoms with Gasteiger partial charge in [-0.05, 0) is 12.1 Å². The average Bonchev–Trinajstić information content (AvgIpc) is 2.31. The lowest BCUT2D eigenvalue weighted by atomic mass is 10.1. The molecule has 1 N–H and O–H groups in total. The first-order valence-corrected chi connectivity index (χ1v) is 4.63. The maximum atomic E-state index is 13.1. The van der Waals surface area contributed by atoms with Gasteiger partial charge >= 0.3 is 0 Å². The van der Waals surface area contributed by atoms with E-state index < -0.39 is 5.82 Å². The van der Waals surface area contributed by atoms with Crippen molar-refractivity contribution in [1.29, 1.82) is 0 Å². The van der Waals surface area contributed by atoms with Gasteiger partial charge in [-0.25, -0.2) is 9.37 Å². The molecule has 0 amide bonds. The Morgan fingerprint density at radius 3 is 2.47 bits per heavy atom. The van der Waals surface area contributed by atoms with Crippen molar-refractivity contribution in [2.24, 2.45) is 0 Å². The molecule has 15 heavy (non-hydrogen) atoms. The van der Waals surface area contributed by atoms with E-state index in [0.29, 0.717) is 5.69 Å². The lowest BCUT2D eigenvalue weighted by Crippen LogP contribution is -1.96. The van der Waals surface area contributed by atoms with Gasteiger partial charge in [0.1, 0.15) is 11.5 Å². The van der Waals surface area contributed by atoms with Crippen LogP contribution in [-0.4, -0.2) is 10.1 Å². The van der Waals surface area contributed by atoms with Gasteiger partial charge < -0.3 is 5.11 Å². The van der Waals surface area contributed by atoms with E-state index >= 15 is 0 Å². The maximum absolute atomic E-state index is 13.1. The van der Waals surface area contributed by atoms with Gasteiger partial charge in [0, 0.05) is 5.56 Å². The summed E-state index contributed by atoms with van der Waals surface area (Å²) in [5.41, 5.74) is 1.66. The number of benzene rings is 1. The second kappa shape index (κ2) is 4.19. The Kier molecular flexibility index (Phi) is 2.74. The highest BCUT2D eigenvalue weighted by Crippen LogP contribution is 2.17. The summed E-state index contributed by atoms with van der Waals surface area (Å²) in [5, 5.41) is 8.89. The van der Waals surface area contributed by atoms with Gasteiger partial charge in [-0.2, -0.15) is 0 Å². The van der Waals surface area contributed by atoms with Crippen molar-refractivity contribution in [3.8, 4) is 11.3 Å². The van der Waals surface area contributed by atoms with E-state index in [9.17, 15) is 4.39 Å². The molecule has 1 aromatic heterocycles. The van der Waals surface area contributed by atoms with Crippen LogP contribution in [0.5, 0.6) is 0 Å². The van der Waals surface area contributed by atoms with Gasteiger partial charge in [-0.3, -0.25) is 0 Å². The number of aromatic nitrogens is 1. The molecule has 0 saturated heterocycles. The lowest BCUT2D eigenvalue weighted by Gasteiger charge is -2.03. The van der Waals surface area contributed by atoms with Crippen LogP contribution in [0.2, 0.25) is 0 Å². The molecule has 3 heteroatoms. The minimum atomic E-state index is -0.475. The Balaban J connectivity index is 2.46. The van der Waals surface area contributed by atoms with Gasteiger partial charge in [0.15, 0.2) is 0 Å². The Hall–Kier alpha value is -1.74. The van der Waals surface area contributed by atoms with Gasteiger partial charge in [0.2, 0.25) is 0 Å². The molecule has 2 nitrogen and oxygen atoms in total. The number of hydrogen-bond acceptors (Lipinski definition) is 2. The van der Waals surface area contributed by atoms with Gasteiger partial charge in [-0.15, -0.1) is 0 Å². The molecule has 0 atom stereocenters. The number of pyridine rings is 1. The molecule has 0 saturated carbocycles. The molecular formula is C12H10FNO. The third-order valence-electron chi connectivity index (χ3n) is 2.14. The van der Waals surface area contributed by atoms with Gasteiger partial charge in [0.25, 0.3) is 0 Å². The minimum absolute atomic E-state index is 0.0800. The molecule has 76 valence electrons. The van der Waals surface area contributed by atoms with Gasteiger partial charge in [0.05, 0.1) is 12.3 Å². The zero-order chi connectivity index (χ0) is 10.7. The quantitative estimate of drug-likeness (QED) is 0.812. The fourth-order valence-corrected chi connectivity index (χ4v) is 1.36. The van der Waals surface area contributed by atoms with Crippen molar-refractivity contribution in [3.63, 3.8) is 0 Å². The van der Waals surface area contributed by atoms with Crippen LogP contribution in [0.4, 0.5) is 4.39 Å². The summed E-state index contributed by atoms with van der Waals surface area (Å²) in [6.45, 7) is -0.382. The van der Waals surface area contributed by atoms with Crippen LogP contribution < -0.4 is 0 Å². The smallest absolute Gasteiger partial charge is 0.147 e. The zero-order valence-corrected chi connectivity index (χ0v) is 8.02. The normalized spacial score (nSPS) is 10.3. The summed E-state index contributed by atoms with van der Waals surface area (Å²) in [6, 6.07) is 12.4. The van der Waals surface area contributed by atoms with E-state index in [-0.39, 0.29) is 12.3 Å². The highest BCUT2D eigenvalue weighted by molar-refractivity contribution is 5.58. The zero-order valence-electron chi connectivity index (χ0n) is 8.02. The van der Waals surface area contributed by atoms with Crippen LogP contribution in [0, 0.1) is 5.82 Å². The summed E-state index contributed by atoms with van der Waals surface area (Å²) in [6.07, 6.45) is 0. The van der Waals surface area contributed by atoms with E-state index in [1.807, 2.05) is 30.3 Å². The third-order valence-corrected chi connectivity index (χ3v) is 2.14. The van der Waals surface area contributed by atoms with E-state index in [0.717, 1.165) is 5.56 Å². The Labute approximate surface area is 87.0 Å². The van der Waals surface area contributed by atoms with Gasteiger partial charge in [-0.1, -0.05) is 30.3 Å². The number of hydrogen-bond donors (Lipinski definition) is 1. The van der Waals surface area contributed by atoms with Crippen molar-refractivity contribution < 1.29 is 9.50 Å². The number of rotatable bonds is 2. The van der Waals surface area contributed by atoms with Crippen LogP contribution in [0.1, 0.15) is 5.69 Å². The molecule has 0 bridgehead atoms. The van der Waals surface area contributed by atoms with Crippen LogP contribution in [-0.2, 0) is 6.61 Å². The third kappa shape index (κ3) is 2.02. The van der Waals surface area contributed by atoms with Crippen molar-refractivity contribution in [2.75, 3.05) is 0 Å². The van der Waals surface area contributed by atoms with Crippen LogP contribution in [0.25, 0.3) is 11.3 Å².